The minimum Gasteiger partial charge on any atom is -0.385 e. The molecule has 4 N–H and O–H groups in total. The first-order valence-corrected chi connectivity index (χ1v) is 1.76. The van der Waals surface area contributed by atoms with E-state index in [1.165, 1.54) is 0 Å². The monoisotopic (exact) mass is 105 g/mol. The molecule has 0 aromatic rings. The first-order valence-electron chi connectivity index (χ1n) is 3.26. The van der Waals surface area contributed by atoms with Gasteiger partial charge in [-0.1, -0.05) is 0 Å². The molecule has 42 valence electrons. The van der Waals surface area contributed by atoms with Gasteiger partial charge in [-0.15, -0.1) is 0 Å². The molecule has 0 saturated carbocycles. The van der Waals surface area contributed by atoms with Crippen molar-refractivity contribution in [3.05, 3.63) is 0 Å². The van der Waals surface area contributed by atoms with Crippen LogP contribution in [0.3, 0.4) is 0 Å². The van der Waals surface area contributed by atoms with Crippen molar-refractivity contribution >= 4 is 5.84 Å². The molecule has 0 rings (SSSR count). The van der Waals surface area contributed by atoms with Gasteiger partial charge in [0.15, 0.2) is 0 Å². The molecule has 0 bridgehead atoms. The lowest BCUT2D eigenvalue weighted by atomic mass is 10.1. The fraction of sp³-hybridized carbons (Fsp3) is 0.750. The van der Waals surface area contributed by atoms with Crippen molar-refractivity contribution in [2.75, 3.05) is 0 Å². The zero-order valence-electron chi connectivity index (χ0n) is 7.02. The second-order valence-electron chi connectivity index (χ2n) is 1.49. The van der Waals surface area contributed by atoms with Gasteiger partial charge in [0.05, 0.1) is 0 Å². The van der Waals surface area contributed by atoms with E-state index in [-0.39, 0.29) is 0 Å². The van der Waals surface area contributed by atoms with Gasteiger partial charge in [0.1, 0.15) is 11.4 Å². The number of nitrogens with one attached hydrogen (secondary N) is 1. The van der Waals surface area contributed by atoms with Crippen molar-refractivity contribution in [2.45, 2.75) is 19.4 Å². The van der Waals surface area contributed by atoms with Crippen LogP contribution in [-0.4, -0.2) is 16.5 Å². The lowest BCUT2D eigenvalue weighted by Gasteiger charge is -2.12. The van der Waals surface area contributed by atoms with Gasteiger partial charge in [-0.05, 0) is 13.8 Å². The Balaban J connectivity index is 4.57. The van der Waals surface area contributed by atoms with Gasteiger partial charge in [-0.3, -0.25) is 5.41 Å². The van der Waals surface area contributed by atoms with Crippen LogP contribution in [0.15, 0.2) is 0 Å². The average molecular weight is 105 g/mol. The Morgan fingerprint density at radius 3 is 2.57 bits per heavy atom. The molecule has 0 aliphatic heterocycles. The number of hydrogen-bond donors (Lipinski definition) is 3. The predicted molar refractivity (Wildman–Crippen MR) is 28.2 cm³/mol. The summed E-state index contributed by atoms with van der Waals surface area (Å²) in [6.45, 7) is -1.64. The molecule has 7 heavy (non-hydrogen) atoms. The van der Waals surface area contributed by atoms with Crippen molar-refractivity contribution in [2.24, 2.45) is 5.73 Å². The SMILES string of the molecule is [2H]C([2H])([2H])C(C)(O)C(=N)N. The van der Waals surface area contributed by atoms with Crippen LogP contribution in [0.4, 0.5) is 0 Å². The van der Waals surface area contributed by atoms with Gasteiger partial charge in [0.25, 0.3) is 0 Å². The van der Waals surface area contributed by atoms with Gasteiger partial charge in [0.2, 0.25) is 0 Å². The number of nitrogens with two attached hydrogens (primary N) is 1. The van der Waals surface area contributed by atoms with E-state index in [1.807, 2.05) is 0 Å². The number of aliphatic hydroxyl groups is 1. The molecule has 0 aliphatic carbocycles. The van der Waals surface area contributed by atoms with E-state index in [0.29, 0.717) is 0 Å². The Kier molecular flexibility index (Phi) is 0.571. The lowest BCUT2D eigenvalue weighted by Crippen LogP contribution is -2.36. The van der Waals surface area contributed by atoms with E-state index in [9.17, 15) is 0 Å². The summed E-state index contributed by atoms with van der Waals surface area (Å²) in [5.74, 6) is -0.743. The summed E-state index contributed by atoms with van der Waals surface area (Å²) in [5.41, 5.74) is 2.63. The quantitative estimate of drug-likeness (QED) is 0.316. The predicted octanol–water partition coefficient (Wildman–Crippen LogP) is -0.307. The van der Waals surface area contributed by atoms with Gasteiger partial charge < -0.3 is 10.8 Å². The summed E-state index contributed by atoms with van der Waals surface area (Å²) in [6.07, 6.45) is 0. The minimum absolute atomic E-state index is 0.743. The van der Waals surface area contributed by atoms with Gasteiger partial charge in [-0.2, -0.15) is 0 Å². The van der Waals surface area contributed by atoms with Gasteiger partial charge >= 0.3 is 0 Å². The number of rotatable bonds is 1. The third kappa shape index (κ3) is 2.17. The Morgan fingerprint density at radius 1 is 2.14 bits per heavy atom. The lowest BCUT2D eigenvalue weighted by molar-refractivity contribution is 0.151. The van der Waals surface area contributed by atoms with Crippen LogP contribution in [-0.2, 0) is 0 Å². The maximum absolute atomic E-state index is 9.02. The highest BCUT2D eigenvalue weighted by atomic mass is 16.3. The first-order chi connectivity index (χ1) is 4.19. The molecule has 0 aromatic heterocycles. The molecule has 0 spiro atoms. The fourth-order valence-corrected chi connectivity index (χ4v) is 0. The number of amidine groups is 1. The highest BCUT2D eigenvalue weighted by Crippen LogP contribution is 1.96. The molecule has 0 heterocycles. The molecule has 0 aromatic carbocycles. The van der Waals surface area contributed by atoms with Crippen LogP contribution in [0.2, 0.25) is 0 Å². The normalized spacial score (nSPS) is 26.3. The van der Waals surface area contributed by atoms with E-state index >= 15 is 0 Å². The van der Waals surface area contributed by atoms with E-state index in [0.717, 1.165) is 6.92 Å². The molecule has 0 aliphatic rings. The molecule has 1 unspecified atom stereocenters. The molecule has 3 nitrogen and oxygen atoms in total. The average Bonchev–Trinajstić information content (AvgIpc) is 1.62. The summed E-state index contributed by atoms with van der Waals surface area (Å²) >= 11 is 0. The molecule has 1 atom stereocenters. The van der Waals surface area contributed by atoms with Crippen molar-refractivity contribution < 1.29 is 9.22 Å². The number of hydrogen-bond acceptors (Lipinski definition) is 2. The minimum atomic E-state index is -2.63. The largest absolute Gasteiger partial charge is 0.385 e. The van der Waals surface area contributed by atoms with Crippen LogP contribution >= 0.6 is 0 Å². The van der Waals surface area contributed by atoms with E-state index in [2.05, 4.69) is 0 Å². The van der Waals surface area contributed by atoms with E-state index < -0.39 is 18.3 Å². The van der Waals surface area contributed by atoms with Crippen LogP contribution in [0.5, 0.6) is 0 Å². The third-order valence-corrected chi connectivity index (χ3v) is 0.524. The summed E-state index contributed by atoms with van der Waals surface area (Å²) in [6, 6.07) is 0. The van der Waals surface area contributed by atoms with Crippen LogP contribution in [0.25, 0.3) is 0 Å². The zero-order chi connectivity index (χ0) is 8.58. The van der Waals surface area contributed by atoms with Crippen molar-refractivity contribution in [1.82, 2.24) is 0 Å². The van der Waals surface area contributed by atoms with E-state index in [1.54, 1.807) is 0 Å². The highest BCUT2D eigenvalue weighted by Gasteiger charge is 2.14. The Labute approximate surface area is 46.9 Å². The summed E-state index contributed by atoms with van der Waals surface area (Å²) in [4.78, 5) is 0. The van der Waals surface area contributed by atoms with Crippen LogP contribution in [0, 0.1) is 5.41 Å². The summed E-state index contributed by atoms with van der Waals surface area (Å²) < 4.78 is 20.2. The smallest absolute Gasteiger partial charge is 0.123 e. The Bertz CT molecular complexity index is 151. The van der Waals surface area contributed by atoms with E-state index in [4.69, 9.17) is 20.4 Å². The van der Waals surface area contributed by atoms with Crippen molar-refractivity contribution in [3.8, 4) is 0 Å². The second-order valence-corrected chi connectivity index (χ2v) is 1.49. The summed E-state index contributed by atoms with van der Waals surface area (Å²) in [5, 5.41) is 15.7. The topological polar surface area (TPSA) is 70.1 Å². The standard InChI is InChI=1S/C4H10N2O/c1-4(2,7)3(5)6/h7H,1-2H3,(H3,5,6)/i1D3. The highest BCUT2D eigenvalue weighted by molar-refractivity contribution is 5.84. The molecular formula is C4H10N2O. The molecular weight excluding hydrogens is 92.1 g/mol. The van der Waals surface area contributed by atoms with Crippen molar-refractivity contribution in [3.63, 3.8) is 0 Å². The van der Waals surface area contributed by atoms with Gasteiger partial charge in [-0.25, -0.2) is 0 Å². The zero-order valence-corrected chi connectivity index (χ0v) is 4.02. The molecule has 3 heteroatoms. The fourth-order valence-electron chi connectivity index (χ4n) is 0. The molecule has 0 saturated heterocycles. The van der Waals surface area contributed by atoms with Crippen molar-refractivity contribution in [1.29, 1.82) is 5.41 Å². The first kappa shape index (κ1) is 2.67. The maximum Gasteiger partial charge on any atom is 0.123 e. The Morgan fingerprint density at radius 2 is 2.57 bits per heavy atom. The van der Waals surface area contributed by atoms with Crippen LogP contribution < -0.4 is 5.73 Å². The third-order valence-electron chi connectivity index (χ3n) is 0.524. The molecule has 0 radical (unpaired) electrons. The Hall–Kier alpha value is -0.570. The van der Waals surface area contributed by atoms with Crippen LogP contribution in [0.1, 0.15) is 17.9 Å². The van der Waals surface area contributed by atoms with Gasteiger partial charge in [0, 0.05) is 4.11 Å². The summed E-state index contributed by atoms with van der Waals surface area (Å²) in [7, 11) is 0. The maximum atomic E-state index is 9.02. The second kappa shape index (κ2) is 1.50. The molecule has 0 amide bonds. The molecule has 0 fully saturated rings.